The van der Waals surface area contributed by atoms with Crippen LogP contribution in [0.15, 0.2) is 21.1 Å². The zero-order valence-corrected chi connectivity index (χ0v) is 18.5. The number of aliphatic carboxylic acids is 1. The Morgan fingerprint density at radius 3 is 2.90 bits per heavy atom. The lowest BCUT2D eigenvalue weighted by Crippen LogP contribution is -2.71. The van der Waals surface area contributed by atoms with Gasteiger partial charge in [-0.1, -0.05) is 5.16 Å². The highest BCUT2D eigenvalue weighted by atomic mass is 32.2. The average molecular weight is 486 g/mol. The van der Waals surface area contributed by atoms with Gasteiger partial charge >= 0.3 is 5.97 Å². The molecule has 4 rings (SSSR count). The number of ether oxygens (including phenoxy) is 1. The topological polar surface area (TPSA) is 167 Å². The van der Waals surface area contributed by atoms with Crippen molar-refractivity contribution < 1.29 is 29.4 Å². The highest BCUT2D eigenvalue weighted by Gasteiger charge is 2.54. The van der Waals surface area contributed by atoms with Gasteiger partial charge in [0.2, 0.25) is 0 Å². The third kappa shape index (κ3) is 4.24. The number of oxime groups is 1. The Labute approximate surface area is 189 Å². The molecule has 5 N–H and O–H groups in total. The van der Waals surface area contributed by atoms with Gasteiger partial charge in [-0.25, -0.2) is 9.78 Å². The Bertz CT molecular complexity index is 973. The summed E-state index contributed by atoms with van der Waals surface area (Å²) in [6, 6.07) is -0.940. The van der Waals surface area contributed by atoms with Gasteiger partial charge in [0.15, 0.2) is 10.8 Å². The van der Waals surface area contributed by atoms with Crippen LogP contribution < -0.4 is 11.1 Å². The third-order valence-electron chi connectivity index (χ3n) is 4.97. The van der Waals surface area contributed by atoms with E-state index in [-0.39, 0.29) is 28.3 Å². The summed E-state index contributed by atoms with van der Waals surface area (Å²) < 4.78 is 5.59. The second-order valence-electron chi connectivity index (χ2n) is 6.90. The first-order valence-electron chi connectivity index (χ1n) is 9.30. The Morgan fingerprint density at radius 2 is 2.29 bits per heavy atom. The second kappa shape index (κ2) is 9.06. The lowest BCUT2D eigenvalue weighted by atomic mass is 10.0. The van der Waals surface area contributed by atoms with E-state index in [1.54, 1.807) is 0 Å². The van der Waals surface area contributed by atoms with Crippen LogP contribution in [0, 0.1) is 0 Å². The fourth-order valence-electron chi connectivity index (χ4n) is 3.49. The maximum absolute atomic E-state index is 12.7. The number of carboxylic acid groups (broad SMARTS) is 1. The molecule has 2 saturated heterocycles. The first-order valence-corrected chi connectivity index (χ1v) is 12.2. The van der Waals surface area contributed by atoms with E-state index < -0.39 is 29.2 Å². The number of nitrogens with zero attached hydrogens (tertiary/aromatic N) is 3. The minimum Gasteiger partial charge on any atom is -0.477 e. The Hall–Kier alpha value is -2.29. The Morgan fingerprint density at radius 1 is 1.48 bits per heavy atom. The summed E-state index contributed by atoms with van der Waals surface area (Å²) in [5.74, 6) is -1.48. The smallest absolute Gasteiger partial charge is 0.353 e. The zero-order valence-electron chi connectivity index (χ0n) is 16.0. The van der Waals surface area contributed by atoms with Crippen LogP contribution in [-0.2, 0) is 19.1 Å². The molecule has 4 heterocycles. The fourth-order valence-corrected chi connectivity index (χ4v) is 6.74. The monoisotopic (exact) mass is 485 g/mol. The van der Waals surface area contributed by atoms with Gasteiger partial charge in [-0.15, -0.1) is 34.9 Å². The van der Waals surface area contributed by atoms with Gasteiger partial charge in [0.25, 0.3) is 11.8 Å². The van der Waals surface area contributed by atoms with E-state index in [0.29, 0.717) is 23.0 Å². The van der Waals surface area contributed by atoms with Gasteiger partial charge in [0.1, 0.15) is 22.8 Å². The van der Waals surface area contributed by atoms with E-state index in [1.807, 2.05) is 0 Å². The summed E-state index contributed by atoms with van der Waals surface area (Å²) in [5, 5.41) is 25.5. The molecule has 2 amide bonds. The zero-order chi connectivity index (χ0) is 22.1. The number of rotatable bonds is 7. The number of carbonyl (C=O) groups is 3. The van der Waals surface area contributed by atoms with Gasteiger partial charge < -0.3 is 26.1 Å². The van der Waals surface area contributed by atoms with Crippen LogP contribution in [-0.4, -0.2) is 79.3 Å². The molecule has 0 spiro atoms. The van der Waals surface area contributed by atoms with Gasteiger partial charge in [-0.3, -0.25) is 14.5 Å². The molecule has 0 aliphatic carbocycles. The molecular weight excluding hydrogens is 466 g/mol. The molecule has 0 aromatic carbocycles. The molecule has 11 nitrogen and oxygen atoms in total. The van der Waals surface area contributed by atoms with Crippen molar-refractivity contribution in [3.8, 4) is 0 Å². The molecule has 3 atom stereocenters. The van der Waals surface area contributed by atoms with Crippen molar-refractivity contribution in [3.05, 3.63) is 21.7 Å². The summed E-state index contributed by atoms with van der Waals surface area (Å²) in [6.07, 6.45) is 2.02. The van der Waals surface area contributed by atoms with Crippen molar-refractivity contribution in [1.29, 1.82) is 0 Å². The van der Waals surface area contributed by atoms with Crippen molar-refractivity contribution in [1.82, 2.24) is 15.2 Å². The molecule has 3 aliphatic rings. The maximum atomic E-state index is 12.7. The largest absolute Gasteiger partial charge is 0.477 e. The molecule has 1 aromatic heterocycles. The number of amides is 2. The molecule has 31 heavy (non-hydrogen) atoms. The van der Waals surface area contributed by atoms with E-state index in [0.717, 1.165) is 24.2 Å². The van der Waals surface area contributed by atoms with Crippen molar-refractivity contribution in [2.24, 2.45) is 5.16 Å². The van der Waals surface area contributed by atoms with Crippen molar-refractivity contribution in [2.45, 2.75) is 30.4 Å². The molecule has 2 fully saturated rings. The van der Waals surface area contributed by atoms with Crippen LogP contribution >= 0.6 is 34.9 Å². The van der Waals surface area contributed by atoms with Gasteiger partial charge in [0, 0.05) is 28.4 Å². The second-order valence-corrected chi connectivity index (χ2v) is 10.0. The predicted octanol–water partition coefficient (Wildman–Crippen LogP) is 0.512. The Kier molecular flexibility index (Phi) is 6.41. The number of β-lactam (4-membered cyclic amide) rings is 1. The van der Waals surface area contributed by atoms with Crippen molar-refractivity contribution >= 4 is 63.5 Å². The number of hydrogen-bond acceptors (Lipinski definition) is 11. The quantitative estimate of drug-likeness (QED) is 0.185. The minimum absolute atomic E-state index is 0.0504. The average Bonchev–Trinajstić information content (AvgIpc) is 3.42. The van der Waals surface area contributed by atoms with E-state index in [9.17, 15) is 24.7 Å². The number of fused-ring (bicyclic) bond motifs is 1. The number of carboxylic acids is 1. The lowest BCUT2D eigenvalue weighted by molar-refractivity contribution is -0.150. The number of thioether (sulfide) groups is 2. The van der Waals surface area contributed by atoms with Gasteiger partial charge in [0.05, 0.1) is 6.10 Å². The van der Waals surface area contributed by atoms with E-state index in [2.05, 4.69) is 15.5 Å². The van der Waals surface area contributed by atoms with E-state index >= 15 is 0 Å². The molecular formula is C17H19N5O6S3. The highest BCUT2D eigenvalue weighted by molar-refractivity contribution is 8.06. The molecule has 14 heteroatoms. The summed E-state index contributed by atoms with van der Waals surface area (Å²) in [7, 11) is 0. The SMILES string of the molecule is Nc1nc(/C(=N/O)C(=O)NC2C(=O)N3C(C(=O)O)=C(SCC4CCCO4)CS[C@H]23)cs1. The maximum Gasteiger partial charge on any atom is 0.353 e. The molecule has 0 bridgehead atoms. The third-order valence-corrected chi connectivity index (χ3v) is 8.33. The lowest BCUT2D eigenvalue weighted by Gasteiger charge is -2.49. The molecule has 1 aromatic rings. The van der Waals surface area contributed by atoms with E-state index in [1.165, 1.54) is 33.8 Å². The number of carbonyl (C=O) groups excluding carboxylic acids is 2. The van der Waals surface area contributed by atoms with E-state index in [4.69, 9.17) is 10.5 Å². The van der Waals surface area contributed by atoms with Crippen LogP contribution in [0.25, 0.3) is 0 Å². The number of nitrogens with one attached hydrogen (secondary N) is 1. The number of anilines is 1. The predicted molar refractivity (Wildman–Crippen MR) is 116 cm³/mol. The molecule has 0 saturated carbocycles. The van der Waals surface area contributed by atoms with Crippen LogP contribution in [0.2, 0.25) is 0 Å². The van der Waals surface area contributed by atoms with Gasteiger partial charge in [-0.2, -0.15) is 0 Å². The first kappa shape index (κ1) is 21.9. The molecule has 0 radical (unpaired) electrons. The van der Waals surface area contributed by atoms with Crippen LogP contribution in [0.3, 0.4) is 0 Å². The number of hydrogen-bond donors (Lipinski definition) is 4. The summed E-state index contributed by atoms with van der Waals surface area (Å²) >= 11 is 3.84. The number of aromatic nitrogens is 1. The normalized spacial score (nSPS) is 25.9. The molecule has 3 aliphatic heterocycles. The Balaban J connectivity index is 1.45. The van der Waals surface area contributed by atoms with Crippen molar-refractivity contribution in [3.63, 3.8) is 0 Å². The van der Waals surface area contributed by atoms with Crippen LogP contribution in [0.5, 0.6) is 0 Å². The minimum atomic E-state index is -1.19. The number of nitrogen functional groups attached to an aromatic ring is 1. The van der Waals surface area contributed by atoms with Crippen LogP contribution in [0.4, 0.5) is 5.13 Å². The summed E-state index contributed by atoms with van der Waals surface area (Å²) in [6.45, 7) is 0.714. The first-order chi connectivity index (χ1) is 14.9. The summed E-state index contributed by atoms with van der Waals surface area (Å²) in [4.78, 5) is 42.9. The fraction of sp³-hybridized carbons (Fsp3) is 0.471. The molecule has 166 valence electrons. The van der Waals surface area contributed by atoms with Gasteiger partial charge in [-0.05, 0) is 12.8 Å². The number of nitrogens with two attached hydrogens (primary N) is 1. The van der Waals surface area contributed by atoms with Crippen LogP contribution in [0.1, 0.15) is 18.5 Å². The standard InChI is InChI=1S/C17H19N5O6S3/c18-17-19-8(5-31-17)10(21-27)13(23)20-11-14(24)22-12(16(25)26)9(6-30-15(11)22)29-4-7-2-1-3-28-7/h5,7,11,15,27H,1-4,6H2,(H2,18,19)(H,20,23)(H,25,26)/b21-10-/t7?,11?,15-/m1/s1. The molecule has 2 unspecified atom stereocenters. The highest BCUT2D eigenvalue weighted by Crippen LogP contribution is 2.43. The van der Waals surface area contributed by atoms with Crippen molar-refractivity contribution in [2.75, 3.05) is 23.8 Å². The summed E-state index contributed by atoms with van der Waals surface area (Å²) in [5.41, 5.74) is 5.21. The number of thiazole rings is 1.